The van der Waals surface area contributed by atoms with E-state index in [-0.39, 0.29) is 13.4 Å². The van der Waals surface area contributed by atoms with Gasteiger partial charge in [0.2, 0.25) is 6.79 Å². The molecule has 0 saturated carbocycles. The van der Waals surface area contributed by atoms with Crippen molar-refractivity contribution in [3.63, 3.8) is 0 Å². The number of amides is 2. The monoisotopic (exact) mass is 366 g/mol. The SMILES string of the molecule is CCOC(=O)C1=C(c2ccccc2)NC(=O)N[C@H]1c1ccc2c(c1)OCO2. The summed E-state index contributed by atoms with van der Waals surface area (Å²) in [7, 11) is 0. The van der Waals surface area contributed by atoms with Gasteiger partial charge in [0.25, 0.3) is 0 Å². The van der Waals surface area contributed by atoms with Gasteiger partial charge in [-0.25, -0.2) is 9.59 Å². The van der Waals surface area contributed by atoms with E-state index in [0.29, 0.717) is 28.3 Å². The van der Waals surface area contributed by atoms with Crippen molar-refractivity contribution in [3.8, 4) is 11.5 Å². The van der Waals surface area contributed by atoms with Crippen LogP contribution in [0.4, 0.5) is 4.79 Å². The summed E-state index contributed by atoms with van der Waals surface area (Å²) < 4.78 is 16.0. The largest absolute Gasteiger partial charge is 0.463 e. The van der Waals surface area contributed by atoms with E-state index in [1.807, 2.05) is 30.3 Å². The van der Waals surface area contributed by atoms with Gasteiger partial charge in [-0.05, 0) is 30.2 Å². The molecular weight excluding hydrogens is 348 g/mol. The molecule has 0 radical (unpaired) electrons. The van der Waals surface area contributed by atoms with E-state index in [0.717, 1.165) is 5.56 Å². The zero-order valence-corrected chi connectivity index (χ0v) is 14.7. The van der Waals surface area contributed by atoms with Gasteiger partial charge in [0.15, 0.2) is 11.5 Å². The third-order valence-corrected chi connectivity index (χ3v) is 4.36. The molecule has 0 spiro atoms. The van der Waals surface area contributed by atoms with Crippen LogP contribution >= 0.6 is 0 Å². The Hall–Kier alpha value is -3.48. The number of benzene rings is 2. The first-order valence-corrected chi connectivity index (χ1v) is 8.61. The predicted octanol–water partition coefficient (Wildman–Crippen LogP) is 2.74. The quantitative estimate of drug-likeness (QED) is 0.813. The van der Waals surface area contributed by atoms with Crippen molar-refractivity contribution in [1.29, 1.82) is 0 Å². The summed E-state index contributed by atoms with van der Waals surface area (Å²) in [5.74, 6) is 0.709. The number of carbonyl (C=O) groups is 2. The Morgan fingerprint density at radius 1 is 1.15 bits per heavy atom. The standard InChI is InChI=1S/C20H18N2O5/c1-2-25-19(23)16-17(12-6-4-3-5-7-12)21-20(24)22-18(16)13-8-9-14-15(10-13)27-11-26-14/h3-10,18H,2,11H2,1H3,(H2,21,22,24)/t18-/m0/s1. The second-order valence-corrected chi connectivity index (χ2v) is 6.02. The summed E-state index contributed by atoms with van der Waals surface area (Å²) in [6, 6.07) is 13.5. The lowest BCUT2D eigenvalue weighted by molar-refractivity contribution is -0.138. The molecule has 27 heavy (non-hydrogen) atoms. The lowest BCUT2D eigenvalue weighted by Gasteiger charge is -2.29. The normalized spacial score (nSPS) is 18.0. The van der Waals surface area contributed by atoms with Crippen molar-refractivity contribution >= 4 is 17.7 Å². The number of urea groups is 1. The van der Waals surface area contributed by atoms with Gasteiger partial charge in [-0.1, -0.05) is 36.4 Å². The Morgan fingerprint density at radius 3 is 2.70 bits per heavy atom. The number of esters is 1. The zero-order chi connectivity index (χ0) is 18.8. The second kappa shape index (κ2) is 7.03. The molecule has 138 valence electrons. The molecule has 2 heterocycles. The summed E-state index contributed by atoms with van der Waals surface area (Å²) in [5.41, 5.74) is 2.19. The van der Waals surface area contributed by atoms with E-state index in [1.54, 1.807) is 25.1 Å². The molecule has 7 heteroatoms. The van der Waals surface area contributed by atoms with Gasteiger partial charge < -0.3 is 24.8 Å². The van der Waals surface area contributed by atoms with E-state index < -0.39 is 18.0 Å². The lowest BCUT2D eigenvalue weighted by Crippen LogP contribution is -2.45. The predicted molar refractivity (Wildman–Crippen MR) is 97.0 cm³/mol. The molecule has 2 aromatic carbocycles. The average Bonchev–Trinajstić information content (AvgIpc) is 3.16. The van der Waals surface area contributed by atoms with Crippen molar-refractivity contribution in [2.24, 2.45) is 0 Å². The van der Waals surface area contributed by atoms with Gasteiger partial charge in [0.1, 0.15) is 0 Å². The van der Waals surface area contributed by atoms with E-state index in [9.17, 15) is 9.59 Å². The van der Waals surface area contributed by atoms with Gasteiger partial charge in [0, 0.05) is 0 Å². The highest BCUT2D eigenvalue weighted by molar-refractivity contribution is 6.04. The van der Waals surface area contributed by atoms with Crippen LogP contribution in [0, 0.1) is 0 Å². The highest BCUT2D eigenvalue weighted by Gasteiger charge is 2.35. The summed E-state index contributed by atoms with van der Waals surface area (Å²) >= 11 is 0. The summed E-state index contributed by atoms with van der Waals surface area (Å²) in [4.78, 5) is 25.1. The Morgan fingerprint density at radius 2 is 1.93 bits per heavy atom. The maximum atomic E-state index is 12.8. The molecular formula is C20H18N2O5. The molecule has 2 aromatic rings. The summed E-state index contributed by atoms with van der Waals surface area (Å²) in [6.45, 7) is 2.12. The molecule has 0 saturated heterocycles. The fraction of sp³-hybridized carbons (Fsp3) is 0.200. The van der Waals surface area contributed by atoms with Crippen molar-refractivity contribution in [3.05, 3.63) is 65.2 Å². The van der Waals surface area contributed by atoms with Gasteiger partial charge >= 0.3 is 12.0 Å². The van der Waals surface area contributed by atoms with Crippen LogP contribution in [0.15, 0.2) is 54.1 Å². The van der Waals surface area contributed by atoms with Crippen molar-refractivity contribution < 1.29 is 23.8 Å². The molecule has 2 aliphatic heterocycles. The van der Waals surface area contributed by atoms with Gasteiger partial charge in [0.05, 0.1) is 23.9 Å². The van der Waals surface area contributed by atoms with Crippen LogP contribution in [0.25, 0.3) is 5.70 Å². The van der Waals surface area contributed by atoms with Crippen LogP contribution in [0.2, 0.25) is 0 Å². The first-order chi connectivity index (χ1) is 13.2. The molecule has 1 atom stereocenters. The van der Waals surface area contributed by atoms with Crippen molar-refractivity contribution in [2.45, 2.75) is 13.0 Å². The molecule has 0 unspecified atom stereocenters. The average molecular weight is 366 g/mol. The number of nitrogens with one attached hydrogen (secondary N) is 2. The molecule has 7 nitrogen and oxygen atoms in total. The van der Waals surface area contributed by atoms with E-state index in [1.165, 1.54) is 0 Å². The first kappa shape index (κ1) is 17.0. The van der Waals surface area contributed by atoms with Gasteiger partial charge in [-0.3, -0.25) is 0 Å². The van der Waals surface area contributed by atoms with Crippen LogP contribution < -0.4 is 20.1 Å². The highest BCUT2D eigenvalue weighted by atomic mass is 16.7. The third-order valence-electron chi connectivity index (χ3n) is 4.36. The number of fused-ring (bicyclic) bond motifs is 1. The fourth-order valence-electron chi connectivity index (χ4n) is 3.17. The minimum atomic E-state index is -0.678. The van der Waals surface area contributed by atoms with Crippen LogP contribution in [0.1, 0.15) is 24.1 Å². The number of hydrogen-bond donors (Lipinski definition) is 2. The minimum absolute atomic E-state index is 0.146. The maximum Gasteiger partial charge on any atom is 0.338 e. The molecule has 0 bridgehead atoms. The first-order valence-electron chi connectivity index (χ1n) is 8.61. The molecule has 0 fully saturated rings. The van der Waals surface area contributed by atoms with Gasteiger partial charge in [-0.2, -0.15) is 0 Å². The number of hydrogen-bond acceptors (Lipinski definition) is 5. The van der Waals surface area contributed by atoms with Crippen LogP contribution in [0.5, 0.6) is 11.5 Å². The Bertz CT molecular complexity index is 923. The molecule has 2 amide bonds. The van der Waals surface area contributed by atoms with Crippen LogP contribution in [0.3, 0.4) is 0 Å². The second-order valence-electron chi connectivity index (χ2n) is 6.02. The smallest absolute Gasteiger partial charge is 0.338 e. The highest BCUT2D eigenvalue weighted by Crippen LogP contribution is 2.38. The molecule has 0 aromatic heterocycles. The lowest BCUT2D eigenvalue weighted by atomic mass is 9.92. The summed E-state index contributed by atoms with van der Waals surface area (Å²) in [5, 5.41) is 5.55. The maximum absolute atomic E-state index is 12.8. The Kier molecular flexibility index (Phi) is 4.42. The van der Waals surface area contributed by atoms with Crippen LogP contribution in [-0.2, 0) is 9.53 Å². The molecule has 0 aliphatic carbocycles. The number of ether oxygens (including phenoxy) is 3. The topological polar surface area (TPSA) is 85.9 Å². The van der Waals surface area contributed by atoms with E-state index in [4.69, 9.17) is 14.2 Å². The molecule has 2 aliphatic rings. The van der Waals surface area contributed by atoms with Crippen LogP contribution in [-0.4, -0.2) is 25.4 Å². The molecule has 2 N–H and O–H groups in total. The van der Waals surface area contributed by atoms with E-state index >= 15 is 0 Å². The third kappa shape index (κ3) is 3.19. The fourth-order valence-corrected chi connectivity index (χ4v) is 3.17. The zero-order valence-electron chi connectivity index (χ0n) is 14.7. The van der Waals surface area contributed by atoms with Gasteiger partial charge in [-0.15, -0.1) is 0 Å². The number of carbonyl (C=O) groups excluding carboxylic acids is 2. The Balaban J connectivity index is 1.85. The summed E-state index contributed by atoms with van der Waals surface area (Å²) in [6.07, 6.45) is 0. The molecule has 4 rings (SSSR count). The van der Waals surface area contributed by atoms with E-state index in [2.05, 4.69) is 10.6 Å². The minimum Gasteiger partial charge on any atom is -0.463 e. The van der Waals surface area contributed by atoms with Crippen molar-refractivity contribution in [2.75, 3.05) is 13.4 Å². The number of rotatable bonds is 4. The van der Waals surface area contributed by atoms with Crippen molar-refractivity contribution in [1.82, 2.24) is 10.6 Å². The Labute approximate surface area is 155 Å².